The third-order valence-electron chi connectivity index (χ3n) is 10.1. The first kappa shape index (κ1) is 19.6. The van der Waals surface area contributed by atoms with Crippen molar-refractivity contribution in [1.82, 2.24) is 0 Å². The van der Waals surface area contributed by atoms with Crippen molar-refractivity contribution < 1.29 is 0 Å². The Morgan fingerprint density at radius 2 is 1.58 bits per heavy atom. The van der Waals surface area contributed by atoms with Crippen molar-refractivity contribution in [3.8, 4) is 0 Å². The average molecular weight is 378 g/mol. The van der Waals surface area contributed by atoms with Crippen molar-refractivity contribution in [2.24, 2.45) is 40.2 Å². The van der Waals surface area contributed by atoms with Gasteiger partial charge in [-0.3, -0.25) is 0 Å². The molecule has 5 atom stereocenters. The van der Waals surface area contributed by atoms with E-state index in [-0.39, 0.29) is 10.3 Å². The molecular formula is C24H43NS. The van der Waals surface area contributed by atoms with Crippen molar-refractivity contribution >= 4 is 12.6 Å². The zero-order valence-corrected chi connectivity index (χ0v) is 18.7. The van der Waals surface area contributed by atoms with Gasteiger partial charge in [-0.05, 0) is 98.7 Å². The highest BCUT2D eigenvalue weighted by Gasteiger charge is 2.61. The Hall–Kier alpha value is 0.310. The van der Waals surface area contributed by atoms with Gasteiger partial charge in [0.2, 0.25) is 0 Å². The molecule has 2 bridgehead atoms. The summed E-state index contributed by atoms with van der Waals surface area (Å²) in [4.78, 5) is 0. The molecule has 0 amide bonds. The maximum atomic E-state index is 6.70. The van der Waals surface area contributed by atoms with Gasteiger partial charge < -0.3 is 5.73 Å². The Bertz CT molecular complexity index is 536. The number of hydrogen-bond donors (Lipinski definition) is 2. The molecule has 26 heavy (non-hydrogen) atoms. The fourth-order valence-electron chi connectivity index (χ4n) is 8.17. The van der Waals surface area contributed by atoms with Crippen molar-refractivity contribution in [3.63, 3.8) is 0 Å². The molecule has 0 spiro atoms. The average Bonchev–Trinajstić information content (AvgIpc) is 2.87. The minimum Gasteiger partial charge on any atom is -0.325 e. The minimum absolute atomic E-state index is 0.154. The van der Waals surface area contributed by atoms with Crippen molar-refractivity contribution in [2.45, 2.75) is 115 Å². The molecule has 1 nitrogen and oxygen atoms in total. The lowest BCUT2D eigenvalue weighted by Crippen LogP contribution is -2.59. The molecule has 5 aliphatic carbocycles. The van der Waals surface area contributed by atoms with Crippen molar-refractivity contribution in [2.75, 3.05) is 0 Å². The van der Waals surface area contributed by atoms with Crippen LogP contribution in [0.25, 0.3) is 0 Å². The topological polar surface area (TPSA) is 26.0 Å². The van der Waals surface area contributed by atoms with E-state index in [1.165, 1.54) is 77.0 Å². The van der Waals surface area contributed by atoms with Crippen LogP contribution in [0, 0.1) is 34.5 Å². The fourth-order valence-corrected chi connectivity index (χ4v) is 8.70. The Labute approximate surface area is 168 Å². The maximum absolute atomic E-state index is 6.70. The molecule has 150 valence electrons. The third-order valence-corrected chi connectivity index (χ3v) is 11.2. The second kappa shape index (κ2) is 6.41. The van der Waals surface area contributed by atoms with Gasteiger partial charge in [-0.2, -0.15) is 12.6 Å². The van der Waals surface area contributed by atoms with Gasteiger partial charge in [0, 0.05) is 10.3 Å². The largest absolute Gasteiger partial charge is 0.325 e. The molecule has 0 aromatic carbocycles. The van der Waals surface area contributed by atoms with E-state index >= 15 is 0 Å². The fraction of sp³-hybridized carbons (Fsp3) is 1.00. The zero-order valence-electron chi connectivity index (χ0n) is 17.8. The standard InChI is InChI=1S/C24H43NS/c1-5-6-18-8-10-19-20-9-7-17-15-23(25,16-17)13-11-21(2,3)24(20,26)14-12-22(18,19)4/h17-20,26H,5-16,25H2,1-4H3/t17?,18?,19?,20?,22?,23?,24-/m1/s1. The monoisotopic (exact) mass is 377 g/mol. The van der Waals surface area contributed by atoms with E-state index < -0.39 is 0 Å². The lowest BCUT2D eigenvalue weighted by molar-refractivity contribution is -0.0373. The molecule has 0 radical (unpaired) electrons. The van der Waals surface area contributed by atoms with Crippen LogP contribution in [0.1, 0.15) is 105 Å². The summed E-state index contributed by atoms with van der Waals surface area (Å²) < 4.78 is 0.207. The van der Waals surface area contributed by atoms with Gasteiger partial charge in [0.1, 0.15) is 0 Å². The summed E-state index contributed by atoms with van der Waals surface area (Å²) in [6, 6.07) is 0. The molecule has 0 aromatic heterocycles. The maximum Gasteiger partial charge on any atom is 0.0212 e. The summed E-state index contributed by atoms with van der Waals surface area (Å²) in [5.41, 5.74) is 7.73. The molecule has 5 saturated carbocycles. The molecule has 2 N–H and O–H groups in total. The van der Waals surface area contributed by atoms with Crippen LogP contribution in [-0.2, 0) is 0 Å². The Morgan fingerprint density at radius 1 is 0.885 bits per heavy atom. The van der Waals surface area contributed by atoms with E-state index in [1.54, 1.807) is 0 Å². The highest BCUT2D eigenvalue weighted by molar-refractivity contribution is 7.81. The van der Waals surface area contributed by atoms with Crippen LogP contribution >= 0.6 is 12.6 Å². The highest BCUT2D eigenvalue weighted by atomic mass is 32.1. The lowest BCUT2D eigenvalue weighted by Gasteiger charge is -2.61. The van der Waals surface area contributed by atoms with Crippen molar-refractivity contribution in [1.29, 1.82) is 0 Å². The van der Waals surface area contributed by atoms with Crippen LogP contribution in [0.2, 0.25) is 0 Å². The molecular weight excluding hydrogens is 334 g/mol. The van der Waals surface area contributed by atoms with E-state index in [9.17, 15) is 0 Å². The molecule has 5 fully saturated rings. The molecule has 5 rings (SSSR count). The summed E-state index contributed by atoms with van der Waals surface area (Å²) in [6.07, 6.45) is 16.3. The summed E-state index contributed by atoms with van der Waals surface area (Å²) in [5, 5.41) is 0. The quantitative estimate of drug-likeness (QED) is 0.520. The SMILES string of the molecule is CCCC1CCC2C3CCC4CC(N)(CCC(C)(C)[C@@]3(S)CCC12C)C4. The second-order valence-corrected chi connectivity index (χ2v) is 12.6. The van der Waals surface area contributed by atoms with Crippen LogP contribution < -0.4 is 5.73 Å². The number of hydrogen-bond acceptors (Lipinski definition) is 2. The lowest BCUT2D eigenvalue weighted by atomic mass is 9.49. The summed E-state index contributed by atoms with van der Waals surface area (Å²) in [7, 11) is 0. The number of nitrogens with two attached hydrogens (primary N) is 1. The van der Waals surface area contributed by atoms with Crippen LogP contribution in [0.3, 0.4) is 0 Å². The summed E-state index contributed by atoms with van der Waals surface area (Å²) >= 11 is 5.59. The van der Waals surface area contributed by atoms with Gasteiger partial charge in [0.25, 0.3) is 0 Å². The first-order valence-electron chi connectivity index (χ1n) is 11.6. The molecule has 2 heteroatoms. The number of rotatable bonds is 2. The van der Waals surface area contributed by atoms with E-state index in [4.69, 9.17) is 18.4 Å². The molecule has 0 aromatic rings. The number of fused-ring (bicyclic) bond motifs is 4. The first-order chi connectivity index (χ1) is 12.1. The van der Waals surface area contributed by atoms with Crippen LogP contribution in [0.4, 0.5) is 0 Å². The van der Waals surface area contributed by atoms with Gasteiger partial charge in [-0.25, -0.2) is 0 Å². The molecule has 5 aliphatic rings. The second-order valence-electron chi connectivity index (χ2n) is 11.8. The van der Waals surface area contributed by atoms with Gasteiger partial charge in [0.05, 0.1) is 0 Å². The van der Waals surface area contributed by atoms with E-state index in [1.807, 2.05) is 0 Å². The predicted octanol–water partition coefficient (Wildman–Crippen LogP) is 6.61. The van der Waals surface area contributed by atoms with E-state index in [0.29, 0.717) is 10.8 Å². The first-order valence-corrected chi connectivity index (χ1v) is 12.1. The third kappa shape index (κ3) is 2.83. The predicted molar refractivity (Wildman–Crippen MR) is 116 cm³/mol. The molecule has 0 saturated heterocycles. The highest BCUT2D eigenvalue weighted by Crippen LogP contribution is 2.67. The van der Waals surface area contributed by atoms with E-state index in [2.05, 4.69) is 27.7 Å². The molecule has 0 heterocycles. The van der Waals surface area contributed by atoms with Gasteiger partial charge in [-0.1, -0.05) is 40.5 Å². The van der Waals surface area contributed by atoms with Crippen LogP contribution in [-0.4, -0.2) is 10.3 Å². The Balaban J connectivity index is 1.65. The smallest absolute Gasteiger partial charge is 0.0212 e. The van der Waals surface area contributed by atoms with Gasteiger partial charge in [0.15, 0.2) is 0 Å². The summed E-state index contributed by atoms with van der Waals surface area (Å²) in [6.45, 7) is 10.1. The Morgan fingerprint density at radius 3 is 2.27 bits per heavy atom. The van der Waals surface area contributed by atoms with Gasteiger partial charge >= 0.3 is 0 Å². The van der Waals surface area contributed by atoms with Gasteiger partial charge in [-0.15, -0.1) is 0 Å². The normalized spacial score (nSPS) is 53.3. The van der Waals surface area contributed by atoms with Crippen LogP contribution in [0.5, 0.6) is 0 Å². The van der Waals surface area contributed by atoms with Crippen molar-refractivity contribution in [3.05, 3.63) is 0 Å². The van der Waals surface area contributed by atoms with Crippen LogP contribution in [0.15, 0.2) is 0 Å². The molecule has 0 aliphatic heterocycles. The number of thiol groups is 1. The molecule has 4 unspecified atom stereocenters. The minimum atomic E-state index is 0.154. The van der Waals surface area contributed by atoms with E-state index in [0.717, 1.165) is 23.7 Å². The zero-order chi connectivity index (χ0) is 18.8. The summed E-state index contributed by atoms with van der Waals surface area (Å²) in [5.74, 6) is 3.59. The Kier molecular flexibility index (Phi) is 4.84.